The summed E-state index contributed by atoms with van der Waals surface area (Å²) in [6, 6.07) is 9.69. The first-order valence-electron chi connectivity index (χ1n) is 13.3. The van der Waals surface area contributed by atoms with E-state index in [4.69, 9.17) is 11.6 Å². The van der Waals surface area contributed by atoms with E-state index in [2.05, 4.69) is 5.32 Å². The maximum atomic E-state index is 14.0. The number of nitrogens with zero attached hydrogens (tertiary/aromatic N) is 2. The highest BCUT2D eigenvalue weighted by Crippen LogP contribution is 2.57. The fraction of sp³-hybridized carbons (Fsp3) is 0.517. The molecule has 0 saturated carbocycles. The molecule has 3 amide bonds. The van der Waals surface area contributed by atoms with E-state index in [0.29, 0.717) is 5.56 Å². The van der Waals surface area contributed by atoms with Crippen LogP contribution in [0.3, 0.4) is 0 Å². The number of urea groups is 1. The van der Waals surface area contributed by atoms with E-state index >= 15 is 0 Å². The number of aliphatic hydroxyl groups excluding tert-OH is 2. The Balaban J connectivity index is 2.06. The van der Waals surface area contributed by atoms with Crippen LogP contribution in [0.2, 0.25) is 5.02 Å². The van der Waals surface area contributed by atoms with Gasteiger partial charge in [-0.05, 0) is 61.1 Å². The standard InChI is InChI=1S/C29H35ClF3N3O4/c1-18-6-4-5-7-23(18)28(19(2)20-14-21(29(31,32)33)16-22(30)15-20)24-17-27(8-12-37,9-13-38)25(39)35(24)10-11-36(28)26(40)34-3/h4-7,14-16,19,24,37-38H,8-13,17H2,1-3H3,(H,34,40)/t19-,24?,28?/m0/s1. The van der Waals surface area contributed by atoms with E-state index < -0.39 is 40.7 Å². The molecular formula is C29H35ClF3N3O4. The summed E-state index contributed by atoms with van der Waals surface area (Å²) in [5, 5.41) is 22.4. The van der Waals surface area contributed by atoms with Crippen LogP contribution in [0.1, 0.15) is 54.4 Å². The van der Waals surface area contributed by atoms with Gasteiger partial charge in [0.1, 0.15) is 0 Å². The van der Waals surface area contributed by atoms with Crippen molar-refractivity contribution in [1.82, 2.24) is 15.1 Å². The van der Waals surface area contributed by atoms with Crippen LogP contribution >= 0.6 is 11.6 Å². The zero-order valence-corrected chi connectivity index (χ0v) is 23.5. The second kappa shape index (κ2) is 11.2. The van der Waals surface area contributed by atoms with Gasteiger partial charge in [-0.25, -0.2) is 4.79 Å². The Morgan fingerprint density at radius 2 is 1.80 bits per heavy atom. The highest BCUT2D eigenvalue weighted by molar-refractivity contribution is 6.30. The molecule has 0 bridgehead atoms. The quantitative estimate of drug-likeness (QED) is 0.443. The average Bonchev–Trinajstić information content (AvgIpc) is 3.18. The highest BCUT2D eigenvalue weighted by atomic mass is 35.5. The third kappa shape index (κ3) is 4.84. The molecule has 2 heterocycles. The van der Waals surface area contributed by atoms with Gasteiger partial charge in [-0.1, -0.05) is 42.8 Å². The Hall–Kier alpha value is -2.82. The van der Waals surface area contributed by atoms with Crippen molar-refractivity contribution in [1.29, 1.82) is 0 Å². The molecule has 2 unspecified atom stereocenters. The molecular weight excluding hydrogens is 547 g/mol. The molecule has 2 fully saturated rings. The number of aliphatic hydroxyl groups is 2. The number of nitrogens with one attached hydrogen (secondary N) is 1. The van der Waals surface area contributed by atoms with Crippen LogP contribution in [0, 0.1) is 12.3 Å². The summed E-state index contributed by atoms with van der Waals surface area (Å²) in [7, 11) is 1.49. The lowest BCUT2D eigenvalue weighted by Gasteiger charge is -2.57. The maximum Gasteiger partial charge on any atom is 0.416 e. The molecule has 2 aliphatic heterocycles. The predicted molar refractivity (Wildman–Crippen MR) is 145 cm³/mol. The molecule has 0 aliphatic carbocycles. The Morgan fingerprint density at radius 3 is 2.38 bits per heavy atom. The number of alkyl halides is 3. The second-order valence-corrected chi connectivity index (χ2v) is 11.2. The summed E-state index contributed by atoms with van der Waals surface area (Å²) >= 11 is 6.24. The first-order valence-corrected chi connectivity index (χ1v) is 13.7. The van der Waals surface area contributed by atoms with E-state index in [9.17, 15) is 33.0 Å². The first-order chi connectivity index (χ1) is 18.9. The topological polar surface area (TPSA) is 93.1 Å². The van der Waals surface area contributed by atoms with Crippen molar-refractivity contribution >= 4 is 23.5 Å². The minimum absolute atomic E-state index is 0.0897. The number of rotatable bonds is 7. The molecule has 7 nitrogen and oxygen atoms in total. The lowest BCUT2D eigenvalue weighted by molar-refractivity contribution is -0.142. The minimum Gasteiger partial charge on any atom is -0.396 e. The molecule has 2 saturated heterocycles. The summed E-state index contributed by atoms with van der Waals surface area (Å²) in [5.74, 6) is -0.991. The van der Waals surface area contributed by atoms with Crippen LogP contribution in [0.25, 0.3) is 0 Å². The third-order valence-corrected chi connectivity index (χ3v) is 9.04. The average molecular weight is 582 g/mol. The summed E-state index contributed by atoms with van der Waals surface area (Å²) in [5.41, 5.74) is -1.51. The van der Waals surface area contributed by atoms with Crippen LogP contribution < -0.4 is 5.32 Å². The molecule has 218 valence electrons. The first kappa shape index (κ1) is 30.1. The fourth-order valence-electron chi connectivity index (χ4n) is 7.00. The van der Waals surface area contributed by atoms with E-state index in [1.807, 2.05) is 31.2 Å². The predicted octanol–water partition coefficient (Wildman–Crippen LogP) is 4.67. The Bertz CT molecular complexity index is 1270. The summed E-state index contributed by atoms with van der Waals surface area (Å²) in [6.45, 7) is 3.42. The minimum atomic E-state index is -4.64. The van der Waals surface area contributed by atoms with Gasteiger partial charge in [-0.2, -0.15) is 13.2 Å². The van der Waals surface area contributed by atoms with Crippen LogP contribution in [-0.2, 0) is 16.5 Å². The summed E-state index contributed by atoms with van der Waals surface area (Å²) in [4.78, 5) is 30.9. The summed E-state index contributed by atoms with van der Waals surface area (Å²) in [6.07, 6.45) is -4.21. The van der Waals surface area contributed by atoms with E-state index in [1.165, 1.54) is 13.1 Å². The Labute approximate surface area is 236 Å². The second-order valence-electron chi connectivity index (χ2n) is 10.8. The zero-order valence-electron chi connectivity index (χ0n) is 22.8. The van der Waals surface area contributed by atoms with Gasteiger partial charge in [0.15, 0.2) is 0 Å². The number of piperazine rings is 1. The van der Waals surface area contributed by atoms with Gasteiger partial charge in [0.2, 0.25) is 5.91 Å². The lowest BCUT2D eigenvalue weighted by Crippen LogP contribution is -2.69. The van der Waals surface area contributed by atoms with Gasteiger partial charge in [0.05, 0.1) is 22.6 Å². The van der Waals surface area contributed by atoms with Gasteiger partial charge in [0.25, 0.3) is 0 Å². The van der Waals surface area contributed by atoms with Crippen molar-refractivity contribution in [3.05, 3.63) is 69.7 Å². The maximum absolute atomic E-state index is 14.0. The number of hydrogen-bond donors (Lipinski definition) is 3. The molecule has 0 aromatic heterocycles. The lowest BCUT2D eigenvalue weighted by atomic mass is 9.64. The van der Waals surface area contributed by atoms with Gasteiger partial charge in [-0.15, -0.1) is 0 Å². The van der Waals surface area contributed by atoms with E-state index in [0.717, 1.165) is 17.7 Å². The third-order valence-electron chi connectivity index (χ3n) is 8.82. The SMILES string of the molecule is CNC(=O)N1CCN2C(=O)C(CCO)(CCO)CC2C1(c1ccccc1C)[C@@H](C)c1cc(Cl)cc(C(F)(F)F)c1. The van der Waals surface area contributed by atoms with Crippen LogP contribution in [0.5, 0.6) is 0 Å². The number of carbonyl (C=O) groups is 2. The normalized spacial score (nSPS) is 23.2. The van der Waals surface area contributed by atoms with Crippen molar-refractivity contribution in [2.45, 2.75) is 56.8 Å². The smallest absolute Gasteiger partial charge is 0.396 e. The largest absolute Gasteiger partial charge is 0.416 e. The van der Waals surface area contributed by atoms with E-state index in [1.54, 1.807) is 16.7 Å². The molecule has 0 radical (unpaired) electrons. The number of amides is 3. The van der Waals surface area contributed by atoms with Crippen LogP contribution in [0.4, 0.5) is 18.0 Å². The molecule has 4 rings (SSSR count). The molecule has 40 heavy (non-hydrogen) atoms. The van der Waals surface area contributed by atoms with Crippen LogP contribution in [0.15, 0.2) is 42.5 Å². The van der Waals surface area contributed by atoms with Gasteiger partial charge < -0.3 is 25.3 Å². The highest BCUT2D eigenvalue weighted by Gasteiger charge is 2.64. The van der Waals surface area contributed by atoms with Crippen molar-refractivity contribution in [3.8, 4) is 0 Å². The number of aryl methyl sites for hydroxylation is 1. The molecule has 2 aliphatic rings. The van der Waals surface area contributed by atoms with E-state index in [-0.39, 0.29) is 62.1 Å². The Kier molecular flexibility index (Phi) is 8.45. The molecule has 0 spiro atoms. The van der Waals surface area contributed by atoms with Crippen molar-refractivity contribution < 1.29 is 33.0 Å². The monoisotopic (exact) mass is 581 g/mol. The van der Waals surface area contributed by atoms with Crippen molar-refractivity contribution in [3.63, 3.8) is 0 Å². The Morgan fingerprint density at radius 1 is 1.15 bits per heavy atom. The molecule has 3 atom stereocenters. The molecule has 2 aromatic carbocycles. The molecule has 2 aromatic rings. The number of hydrogen-bond acceptors (Lipinski definition) is 4. The number of benzene rings is 2. The number of carbonyl (C=O) groups excluding carboxylic acids is 2. The van der Waals surface area contributed by atoms with Gasteiger partial charge >= 0.3 is 12.2 Å². The summed E-state index contributed by atoms with van der Waals surface area (Å²) < 4.78 is 41.7. The fourth-order valence-corrected chi connectivity index (χ4v) is 7.24. The van der Waals surface area contributed by atoms with Crippen molar-refractivity contribution in [2.24, 2.45) is 5.41 Å². The molecule has 11 heteroatoms. The number of halogens is 4. The zero-order chi connectivity index (χ0) is 29.5. The number of fused-ring (bicyclic) bond motifs is 1. The van der Waals surface area contributed by atoms with Gasteiger partial charge in [-0.3, -0.25) is 4.79 Å². The van der Waals surface area contributed by atoms with Crippen molar-refractivity contribution in [2.75, 3.05) is 33.4 Å². The van der Waals surface area contributed by atoms with Crippen LogP contribution in [-0.4, -0.2) is 71.3 Å². The van der Waals surface area contributed by atoms with Gasteiger partial charge in [0, 0.05) is 44.3 Å². The molecule has 3 N–H and O–H groups in total.